The standard InChI is InChI=1S/C46H53I2N7O9.C25H30N2O8S.C22H27I2N5O4/c1-46(2,3)64-45(59)49-14-7-21-63-38-12-10-31(11-13-38)8-9-32-22-35(50-39(23-32)42(56)60-4)28-53-15-17-54(29-36-24-33(47)26-40(51-36)43(57)61-5)19-20-55(18-16-53)30-37-25-34(48)27-41(52-37)44(58)62-6;1-25(2,3)35-24(29)26-13-6-14-33-21-11-9-18(10-12-21)7-8-19-15-20(17-34-36(5,30)31)27-22(16-19)23(28)32-4;1-32-21(30)19-11-15(23)9-17(26-19)13-28-5-3-25-4-6-29(8-7-28)14-18-10-16(24)12-20(27-18)22(31)33-2/h10-13,22-27H,7,14-21,28-30H2,1-6H3,(H,49,59);9-12,15-16H,6,13-14,17H2,1-5H3,(H,26,29);9-12,25H,3-8,13-14H2,1-2H3. The Labute approximate surface area is 830 Å². The Bertz CT molecular complexity index is 5420. The fraction of sp³-hybridized carbons (Fsp3) is 0.419. The van der Waals surface area contributed by atoms with Gasteiger partial charge in [-0.2, -0.15) is 8.42 Å². The number of esters is 6. The number of carbonyl (C=O) groups excluding carboxylic acids is 8. The molecule has 0 radical (unpaired) electrons. The quantitative estimate of drug-likeness (QED) is 0.00979. The van der Waals surface area contributed by atoms with Crippen molar-refractivity contribution in [1.82, 2.24) is 70.4 Å². The van der Waals surface area contributed by atoms with E-state index in [0.29, 0.717) is 156 Å². The summed E-state index contributed by atoms with van der Waals surface area (Å²) in [5.74, 6) is 10.5. The molecule has 2 amide bonds. The number of nitrogens with one attached hydrogen (secondary N) is 3. The van der Waals surface area contributed by atoms with Crippen molar-refractivity contribution in [2.45, 2.75) is 105 Å². The summed E-state index contributed by atoms with van der Waals surface area (Å²) in [5.41, 5.74) is 6.74. The molecule has 8 heterocycles. The highest BCUT2D eigenvalue weighted by Crippen LogP contribution is 2.23. The van der Waals surface area contributed by atoms with Crippen LogP contribution in [0.3, 0.4) is 0 Å². The largest absolute Gasteiger partial charge is 0.494 e. The molecule has 0 aliphatic carbocycles. The minimum absolute atomic E-state index is 0.0127. The molecule has 35 nitrogen and oxygen atoms in total. The molecule has 0 atom stereocenters. The zero-order valence-corrected chi connectivity index (χ0v) is 85.9. The van der Waals surface area contributed by atoms with Gasteiger partial charge in [0.25, 0.3) is 10.1 Å². The number of nitrogens with zero attached hydrogens (tertiary/aromatic N) is 11. The molecule has 2 saturated heterocycles. The van der Waals surface area contributed by atoms with Crippen molar-refractivity contribution in [3.8, 4) is 35.2 Å². The number of alkyl carbamates (subject to hydrolysis) is 2. The Morgan fingerprint density at radius 2 is 0.624 bits per heavy atom. The maximum Gasteiger partial charge on any atom is 0.407 e. The third-order valence-electron chi connectivity index (χ3n) is 18.9. The molecule has 0 spiro atoms. The molecule has 40 heteroatoms. The molecule has 712 valence electrons. The number of ether oxygens (including phenoxy) is 10. The van der Waals surface area contributed by atoms with Crippen LogP contribution in [-0.2, 0) is 91.5 Å². The molecule has 10 rings (SSSR count). The van der Waals surface area contributed by atoms with Gasteiger partial charge in [-0.15, -0.1) is 0 Å². The summed E-state index contributed by atoms with van der Waals surface area (Å²) >= 11 is 8.75. The summed E-state index contributed by atoms with van der Waals surface area (Å²) in [4.78, 5) is 135. The zero-order valence-electron chi connectivity index (χ0n) is 76.4. The van der Waals surface area contributed by atoms with Crippen molar-refractivity contribution in [2.75, 3.05) is 154 Å². The van der Waals surface area contributed by atoms with E-state index in [4.69, 9.17) is 56.5 Å². The van der Waals surface area contributed by atoms with Gasteiger partial charge in [0, 0.05) is 161 Å². The zero-order chi connectivity index (χ0) is 96.8. The van der Waals surface area contributed by atoms with Crippen molar-refractivity contribution in [1.29, 1.82) is 0 Å². The molecule has 133 heavy (non-hydrogen) atoms. The van der Waals surface area contributed by atoms with Gasteiger partial charge in [-0.1, -0.05) is 23.7 Å². The predicted octanol–water partition coefficient (Wildman–Crippen LogP) is 11.2. The lowest BCUT2D eigenvalue weighted by Crippen LogP contribution is -2.36. The maximum atomic E-state index is 12.9. The maximum absolute atomic E-state index is 12.9. The number of aromatic nitrogens is 6. The highest BCUT2D eigenvalue weighted by atomic mass is 127. The van der Waals surface area contributed by atoms with Crippen LogP contribution in [0.4, 0.5) is 9.59 Å². The van der Waals surface area contributed by atoms with Gasteiger partial charge >= 0.3 is 48.0 Å². The molecule has 2 aliphatic heterocycles. The summed E-state index contributed by atoms with van der Waals surface area (Å²) in [5, 5.41) is 8.88. The lowest BCUT2D eigenvalue weighted by Gasteiger charge is -2.25. The highest BCUT2D eigenvalue weighted by Gasteiger charge is 2.26. The first-order chi connectivity index (χ1) is 63.3. The van der Waals surface area contributed by atoms with E-state index in [0.717, 1.165) is 88.1 Å². The first kappa shape index (κ1) is 108. The first-order valence-electron chi connectivity index (χ1n) is 42.1. The van der Waals surface area contributed by atoms with Gasteiger partial charge in [-0.05, 0) is 266 Å². The van der Waals surface area contributed by atoms with E-state index < -0.39 is 69.3 Å². The van der Waals surface area contributed by atoms with E-state index in [1.165, 1.54) is 54.8 Å². The summed E-state index contributed by atoms with van der Waals surface area (Å²) < 4.78 is 82.2. The van der Waals surface area contributed by atoms with Gasteiger partial charge in [0.05, 0.1) is 96.3 Å². The number of amides is 2. The van der Waals surface area contributed by atoms with Crippen LogP contribution in [0.5, 0.6) is 11.5 Å². The van der Waals surface area contributed by atoms with Crippen LogP contribution in [0.25, 0.3) is 0 Å². The van der Waals surface area contributed by atoms with Crippen molar-refractivity contribution >= 4 is 148 Å². The lowest BCUT2D eigenvalue weighted by atomic mass is 10.1. The summed E-state index contributed by atoms with van der Waals surface area (Å²) in [6, 6.07) is 35.7. The van der Waals surface area contributed by atoms with Crippen molar-refractivity contribution < 1.29 is 98.3 Å². The molecular formula is C93H110I4N14O21S. The Morgan fingerprint density at radius 3 is 0.902 bits per heavy atom. The van der Waals surface area contributed by atoms with Gasteiger partial charge in [-0.25, -0.2) is 68.3 Å². The molecule has 0 saturated carbocycles. The minimum Gasteiger partial charge on any atom is -0.494 e. The van der Waals surface area contributed by atoms with Crippen molar-refractivity contribution in [2.24, 2.45) is 0 Å². The number of pyridine rings is 6. The fourth-order valence-electron chi connectivity index (χ4n) is 12.7. The lowest BCUT2D eigenvalue weighted by molar-refractivity contribution is 0.0513. The van der Waals surface area contributed by atoms with Crippen LogP contribution in [0, 0.1) is 38.0 Å². The minimum atomic E-state index is -3.68. The van der Waals surface area contributed by atoms with E-state index in [-0.39, 0.29) is 35.1 Å². The Kier molecular flexibility index (Phi) is 44.4. The summed E-state index contributed by atoms with van der Waals surface area (Å²) in [7, 11) is 4.26. The number of carbonyl (C=O) groups is 8. The van der Waals surface area contributed by atoms with E-state index in [9.17, 15) is 46.8 Å². The van der Waals surface area contributed by atoms with Crippen LogP contribution < -0.4 is 25.4 Å². The smallest absolute Gasteiger partial charge is 0.407 e. The average Bonchev–Trinajstić information content (AvgIpc) is 1.44. The number of rotatable bonds is 29. The van der Waals surface area contributed by atoms with Crippen LogP contribution in [0.2, 0.25) is 0 Å². The second kappa shape index (κ2) is 54.5. The van der Waals surface area contributed by atoms with Gasteiger partial charge in [0.15, 0.2) is 0 Å². The van der Waals surface area contributed by atoms with Crippen molar-refractivity contribution in [3.63, 3.8) is 0 Å². The van der Waals surface area contributed by atoms with E-state index in [1.807, 2.05) is 75.4 Å². The number of benzene rings is 2. The molecule has 0 bridgehead atoms. The van der Waals surface area contributed by atoms with Gasteiger partial charge < -0.3 is 63.3 Å². The fourth-order valence-corrected chi connectivity index (χ4v) is 15.7. The third-order valence-corrected chi connectivity index (χ3v) is 21.9. The third kappa shape index (κ3) is 40.6. The predicted molar refractivity (Wildman–Crippen MR) is 527 cm³/mol. The Hall–Kier alpha value is -9.99. The van der Waals surface area contributed by atoms with Crippen LogP contribution >= 0.6 is 90.4 Å². The molecule has 8 aromatic rings. The van der Waals surface area contributed by atoms with E-state index >= 15 is 0 Å². The second-order valence-corrected chi connectivity index (χ2v) is 38.6. The van der Waals surface area contributed by atoms with Crippen molar-refractivity contribution in [3.05, 3.63) is 226 Å². The normalized spacial score (nSPS) is 13.6. The summed E-state index contributed by atoms with van der Waals surface area (Å²) in [6.07, 6.45) is 1.21. The van der Waals surface area contributed by atoms with Crippen LogP contribution in [-0.4, -0.2) is 276 Å². The number of halogens is 4. The van der Waals surface area contributed by atoms with Gasteiger partial charge in [0.1, 0.15) is 63.5 Å². The Morgan fingerprint density at radius 1 is 0.368 bits per heavy atom. The van der Waals surface area contributed by atoms with Gasteiger partial charge in [-0.3, -0.25) is 28.7 Å². The Balaban J connectivity index is 0.000000267. The SMILES string of the molecule is COC(=O)c1cc(C#Cc2ccc(OCCCNC(=O)OC(C)(C)C)cc2)cc(COS(C)(=O)=O)n1.COC(=O)c1cc(I)cc(CN2CCN(Cc3cc(I)cc(C(=O)OC)n3)CCN(Cc3cc(C#Cc4ccc(OCCCNC(=O)OC(C)(C)C)cc4)cc(C(=O)OC)n3)CC2)n1.COC(=O)c1cc(I)cc(CN2CCNCCN(Cc3cc(I)cc(C(=O)OC)n3)CC2)n1. The topological polar surface area (TPSA) is 402 Å². The van der Waals surface area contributed by atoms with Crippen LogP contribution in [0.1, 0.15) is 174 Å². The second-order valence-electron chi connectivity index (χ2n) is 32.0. The average molecular weight is 2300 g/mol. The molecule has 0 unspecified atom stereocenters. The highest BCUT2D eigenvalue weighted by molar-refractivity contribution is 14.1. The molecule has 2 aliphatic rings. The van der Waals surface area contributed by atoms with Crippen LogP contribution in [0.15, 0.2) is 121 Å². The van der Waals surface area contributed by atoms with E-state index in [1.54, 1.807) is 75.4 Å². The monoisotopic (exact) mass is 2300 g/mol. The number of hydrogen-bond donors (Lipinski definition) is 3. The molecular weight excluding hydrogens is 2190 g/mol. The van der Waals surface area contributed by atoms with Gasteiger partial charge in [0.2, 0.25) is 0 Å². The first-order valence-corrected chi connectivity index (χ1v) is 48.2. The number of hydrogen-bond acceptors (Lipinski definition) is 33. The molecule has 2 fully saturated rings. The number of methoxy groups -OCH3 is 6. The van der Waals surface area contributed by atoms with E-state index in [2.05, 4.69) is 179 Å². The molecule has 2 aromatic carbocycles. The molecule has 6 aromatic heterocycles. The summed E-state index contributed by atoms with van der Waals surface area (Å²) in [6.45, 7) is 24.1. The molecule has 3 N–H and O–H groups in total.